The minimum atomic E-state index is -0.298. The van der Waals surface area contributed by atoms with Crippen LogP contribution in [0.15, 0.2) is 381 Å². The number of anilines is 6. The number of aromatic nitrogens is 2. The van der Waals surface area contributed by atoms with Crippen molar-refractivity contribution in [2.24, 2.45) is 0 Å². The molecule has 5 nitrogen and oxygen atoms in total. The van der Waals surface area contributed by atoms with Crippen molar-refractivity contribution >= 4 is 123 Å². The Bertz CT molecular complexity index is 7250. The molecular formula is C111H83BN4O. The van der Waals surface area contributed by atoms with Gasteiger partial charge in [0.25, 0.3) is 6.71 Å². The van der Waals surface area contributed by atoms with E-state index >= 15 is 0 Å². The summed E-state index contributed by atoms with van der Waals surface area (Å²) >= 11 is 0. The highest BCUT2D eigenvalue weighted by atomic mass is 16.3. The molecule has 0 atom stereocenters. The van der Waals surface area contributed by atoms with Crippen LogP contribution in [-0.4, -0.2) is 15.8 Å². The Morgan fingerprint density at radius 1 is 0.248 bits per heavy atom. The van der Waals surface area contributed by atoms with Crippen LogP contribution in [-0.2, 0) is 10.8 Å². The number of rotatable bonds is 11. The highest BCUT2D eigenvalue weighted by Gasteiger charge is 2.45. The highest BCUT2D eigenvalue weighted by molar-refractivity contribution is 7.00. The molecule has 0 amide bonds. The molecule has 0 N–H and O–H groups in total. The van der Waals surface area contributed by atoms with E-state index in [9.17, 15) is 0 Å². The Balaban J connectivity index is 0.901. The SMILES string of the molecule is Cc1cc(-c2ccc3c(c2)oc2ccccc23)c(-c2ccc3c(c2)N(c2cc(-c4ccccc4)cc(-c4ccccc4)c2)c2cc(-n4c5ccccc5c5ccccc54)cc4c2B3c2ccc(-c3cc(-c5ccccc5)cc(C(C)(C)C)c3)cc2N4c2ccc(C(C)(C)C)cc2-c2ccccc2)c(-n2c3ccccc3c3ccccc32)c1. The van der Waals surface area contributed by atoms with Crippen LogP contribution in [0, 0.1) is 6.92 Å². The third-order valence-electron chi connectivity index (χ3n) is 24.8. The average molecular weight is 1500 g/mol. The number of benzene rings is 17. The van der Waals surface area contributed by atoms with Crippen LogP contribution in [0.3, 0.4) is 0 Å². The van der Waals surface area contributed by atoms with Gasteiger partial charge in [-0.25, -0.2) is 0 Å². The zero-order chi connectivity index (χ0) is 78.5. The van der Waals surface area contributed by atoms with Crippen LogP contribution in [0.1, 0.15) is 58.2 Å². The molecule has 2 aliphatic rings. The second-order valence-electron chi connectivity index (χ2n) is 34.1. The normalized spacial score (nSPS) is 12.7. The smallest absolute Gasteiger partial charge is 0.252 e. The zero-order valence-corrected chi connectivity index (χ0v) is 66.6. The molecule has 0 aliphatic carbocycles. The predicted molar refractivity (Wildman–Crippen MR) is 497 cm³/mol. The van der Waals surface area contributed by atoms with E-state index < -0.39 is 0 Å². The first-order chi connectivity index (χ1) is 57.2. The lowest BCUT2D eigenvalue weighted by Crippen LogP contribution is -2.61. The van der Waals surface area contributed by atoms with E-state index in [1.165, 1.54) is 65.8 Å². The van der Waals surface area contributed by atoms with E-state index in [4.69, 9.17) is 4.42 Å². The van der Waals surface area contributed by atoms with Crippen LogP contribution in [0.5, 0.6) is 0 Å². The number of furan rings is 1. The first-order valence-corrected chi connectivity index (χ1v) is 41.0. The summed E-state index contributed by atoms with van der Waals surface area (Å²) in [7, 11) is 0. The van der Waals surface area contributed by atoms with Gasteiger partial charge >= 0.3 is 0 Å². The summed E-state index contributed by atoms with van der Waals surface area (Å²) in [4.78, 5) is 5.34. The number of hydrogen-bond donors (Lipinski definition) is 0. The monoisotopic (exact) mass is 1500 g/mol. The van der Waals surface area contributed by atoms with Crippen molar-refractivity contribution in [3.8, 4) is 89.3 Å². The third kappa shape index (κ3) is 11.5. The predicted octanol–water partition coefficient (Wildman–Crippen LogP) is 28.4. The van der Waals surface area contributed by atoms with Crippen LogP contribution in [0.2, 0.25) is 0 Å². The van der Waals surface area contributed by atoms with Gasteiger partial charge in [0.05, 0.1) is 39.1 Å². The first-order valence-electron chi connectivity index (χ1n) is 41.0. The minimum Gasteiger partial charge on any atom is -0.456 e. The summed E-state index contributed by atoms with van der Waals surface area (Å²) in [6, 6.07) is 142. The van der Waals surface area contributed by atoms with E-state index in [0.717, 1.165) is 156 Å². The average Bonchev–Trinajstić information content (AvgIpc) is 1.16. The van der Waals surface area contributed by atoms with Crippen molar-refractivity contribution in [1.82, 2.24) is 9.13 Å². The van der Waals surface area contributed by atoms with Gasteiger partial charge in [-0.3, -0.25) is 0 Å². The maximum absolute atomic E-state index is 6.85. The molecule has 0 unspecified atom stereocenters. The summed E-state index contributed by atoms with van der Waals surface area (Å²) in [5.74, 6) is 0. The van der Waals surface area contributed by atoms with Crippen molar-refractivity contribution in [2.45, 2.75) is 59.3 Å². The van der Waals surface area contributed by atoms with Crippen LogP contribution in [0.25, 0.3) is 155 Å². The Labute approximate surface area is 683 Å². The molecular weight excluding hydrogens is 1420 g/mol. The molecule has 0 saturated heterocycles. The molecule has 117 heavy (non-hydrogen) atoms. The van der Waals surface area contributed by atoms with Crippen molar-refractivity contribution in [3.63, 3.8) is 0 Å². The maximum Gasteiger partial charge on any atom is 0.252 e. The quantitative estimate of drug-likeness (QED) is 0.121. The molecule has 0 saturated carbocycles. The Hall–Kier alpha value is -14.2. The molecule has 6 heteroatoms. The standard InChI is InChI=1S/C111H83BN4O/c1-70-56-93(76-48-52-91-90-42-24-29-47-106(90)117-107(91)66-76)108(103(57-70)115-98-45-27-22-40-88(98)89-41-23-28-46-99(89)115)77-50-54-94-101(65-77)114(84-62-80(72-32-14-9-15-33-72)59-81(63-84)73-34-16-10-17-35-73)104-68-85(113-96-43-25-20-38-86(96)87-39-21-26-44-97(87)113)69-105-109(104)112(94)95-53-49-75(79-58-78(71-30-12-8-13-31-71)60-83(61-79)111(5,6)7)64-102(95)116(105)100-55-51-82(110(2,3)4)67-92(100)74-36-18-11-19-37-74/h8-69H,1-7H3. The Morgan fingerprint density at radius 2 is 0.692 bits per heavy atom. The molecule has 3 aromatic heterocycles. The zero-order valence-electron chi connectivity index (χ0n) is 66.6. The van der Waals surface area contributed by atoms with E-state index in [1.54, 1.807) is 0 Å². The number of aryl methyl sites for hydroxylation is 1. The van der Waals surface area contributed by atoms with Crippen molar-refractivity contribution in [2.75, 3.05) is 9.80 Å². The van der Waals surface area contributed by atoms with Crippen LogP contribution in [0.4, 0.5) is 34.1 Å². The lowest BCUT2D eigenvalue weighted by molar-refractivity contribution is 0.590. The van der Waals surface area contributed by atoms with Gasteiger partial charge in [-0.05, 0) is 227 Å². The Morgan fingerprint density at radius 3 is 1.25 bits per heavy atom. The molecule has 2 aliphatic heterocycles. The molecule has 0 fully saturated rings. The minimum absolute atomic E-state index is 0.150. The maximum atomic E-state index is 6.85. The number of para-hydroxylation sites is 5. The van der Waals surface area contributed by atoms with Gasteiger partial charge in [-0.15, -0.1) is 0 Å². The highest BCUT2D eigenvalue weighted by Crippen LogP contribution is 2.53. The molecule has 17 aromatic carbocycles. The van der Waals surface area contributed by atoms with Crippen LogP contribution >= 0.6 is 0 Å². The van der Waals surface area contributed by atoms with Crippen molar-refractivity contribution in [1.29, 1.82) is 0 Å². The van der Waals surface area contributed by atoms with E-state index in [-0.39, 0.29) is 17.5 Å². The van der Waals surface area contributed by atoms with Gasteiger partial charge in [0.2, 0.25) is 0 Å². The summed E-state index contributed by atoms with van der Waals surface area (Å²) in [5.41, 5.74) is 37.8. The van der Waals surface area contributed by atoms with Crippen molar-refractivity contribution in [3.05, 3.63) is 393 Å². The van der Waals surface area contributed by atoms with Gasteiger partial charge in [-0.2, -0.15) is 0 Å². The van der Waals surface area contributed by atoms with Gasteiger partial charge in [0, 0.05) is 71.9 Å². The lowest BCUT2D eigenvalue weighted by Gasteiger charge is -2.45. The topological polar surface area (TPSA) is 29.5 Å². The first kappa shape index (κ1) is 69.5. The summed E-state index contributed by atoms with van der Waals surface area (Å²) in [5, 5.41) is 6.99. The largest absolute Gasteiger partial charge is 0.456 e. The molecule has 22 rings (SSSR count). The second kappa shape index (κ2) is 27.0. The number of nitrogens with zero attached hydrogens (tertiary/aromatic N) is 4. The molecule has 5 heterocycles. The van der Waals surface area contributed by atoms with Gasteiger partial charge in [-0.1, -0.05) is 308 Å². The van der Waals surface area contributed by atoms with E-state index in [0.29, 0.717) is 0 Å². The fraction of sp³-hybridized carbons (Fsp3) is 0.0811. The molecule has 0 bridgehead atoms. The van der Waals surface area contributed by atoms with Gasteiger partial charge in [0.1, 0.15) is 11.2 Å². The van der Waals surface area contributed by atoms with E-state index in [1.807, 2.05) is 0 Å². The fourth-order valence-corrected chi connectivity index (χ4v) is 19.1. The summed E-state index contributed by atoms with van der Waals surface area (Å²) < 4.78 is 11.9. The Kier molecular flexibility index (Phi) is 16.0. The lowest BCUT2D eigenvalue weighted by atomic mass is 9.33. The third-order valence-corrected chi connectivity index (χ3v) is 24.8. The van der Waals surface area contributed by atoms with Crippen LogP contribution < -0.4 is 26.2 Å². The van der Waals surface area contributed by atoms with Gasteiger partial charge in [0.15, 0.2) is 0 Å². The second-order valence-corrected chi connectivity index (χ2v) is 34.1. The summed E-state index contributed by atoms with van der Waals surface area (Å²) in [6.07, 6.45) is 0. The molecule has 0 spiro atoms. The number of hydrogen-bond acceptors (Lipinski definition) is 3. The molecule has 20 aromatic rings. The molecule has 0 radical (unpaired) electrons. The molecule has 556 valence electrons. The summed E-state index contributed by atoms with van der Waals surface area (Å²) in [6.45, 7) is 16.0. The van der Waals surface area contributed by atoms with Gasteiger partial charge < -0.3 is 23.4 Å². The van der Waals surface area contributed by atoms with E-state index in [2.05, 4.69) is 444 Å². The fourth-order valence-electron chi connectivity index (χ4n) is 19.1. The number of fused-ring (bicyclic) bond motifs is 13. The van der Waals surface area contributed by atoms with Crippen molar-refractivity contribution < 1.29 is 4.42 Å².